The molecule has 3 rings (SSSR count). The van der Waals surface area contributed by atoms with Gasteiger partial charge in [-0.3, -0.25) is 0 Å². The van der Waals surface area contributed by atoms with Crippen LogP contribution in [-0.4, -0.2) is 9.97 Å². The molecule has 0 radical (unpaired) electrons. The number of aromatic nitrogens is 2. The van der Waals surface area contributed by atoms with Crippen molar-refractivity contribution >= 4 is 17.5 Å². The minimum absolute atomic E-state index is 0.228. The number of halogens is 1. The van der Waals surface area contributed by atoms with Gasteiger partial charge < -0.3 is 10.5 Å². The molecule has 3 aromatic rings. The Bertz CT molecular complexity index is 1040. The lowest BCUT2D eigenvalue weighted by atomic mass is 9.77. The van der Waals surface area contributed by atoms with E-state index in [4.69, 9.17) is 22.1 Å². The van der Waals surface area contributed by atoms with E-state index in [0.29, 0.717) is 17.2 Å². The summed E-state index contributed by atoms with van der Waals surface area (Å²) in [6.07, 6.45) is 1.61. The SMILES string of the molecule is Cc1c(Cl)cc(C(C)(C)c2ccc(OCc3ccnc(N)n3)cc2)cc1C#N. The largest absolute Gasteiger partial charge is 0.487 e. The van der Waals surface area contributed by atoms with Crippen molar-refractivity contribution in [1.29, 1.82) is 5.26 Å². The Morgan fingerprint density at radius 3 is 2.50 bits per heavy atom. The molecule has 1 heterocycles. The van der Waals surface area contributed by atoms with Gasteiger partial charge in [0.1, 0.15) is 12.4 Å². The number of hydrogen-bond acceptors (Lipinski definition) is 5. The van der Waals surface area contributed by atoms with Crippen LogP contribution in [0.5, 0.6) is 5.75 Å². The van der Waals surface area contributed by atoms with Crippen LogP contribution in [0.4, 0.5) is 5.95 Å². The standard InChI is InChI=1S/C22H21ClN4O/c1-14-15(12-24)10-17(11-20(14)23)22(2,3)16-4-6-19(7-5-16)28-13-18-8-9-26-21(25)27-18/h4-11H,13H2,1-3H3,(H2,25,26,27). The van der Waals surface area contributed by atoms with Crippen molar-refractivity contribution in [2.45, 2.75) is 32.8 Å². The Hall–Kier alpha value is -3.10. The van der Waals surface area contributed by atoms with E-state index in [-0.39, 0.29) is 11.4 Å². The van der Waals surface area contributed by atoms with Crippen molar-refractivity contribution in [3.8, 4) is 11.8 Å². The number of rotatable bonds is 5. The van der Waals surface area contributed by atoms with Gasteiger partial charge in [-0.15, -0.1) is 0 Å². The minimum Gasteiger partial charge on any atom is -0.487 e. The van der Waals surface area contributed by atoms with Crippen molar-refractivity contribution < 1.29 is 4.74 Å². The van der Waals surface area contributed by atoms with Crippen LogP contribution >= 0.6 is 11.6 Å². The van der Waals surface area contributed by atoms with Gasteiger partial charge >= 0.3 is 0 Å². The highest BCUT2D eigenvalue weighted by Crippen LogP contribution is 2.35. The Labute approximate surface area is 169 Å². The number of nitrogens with zero attached hydrogens (tertiary/aromatic N) is 3. The van der Waals surface area contributed by atoms with Crippen LogP contribution in [-0.2, 0) is 12.0 Å². The Morgan fingerprint density at radius 2 is 1.86 bits per heavy atom. The first-order valence-electron chi connectivity index (χ1n) is 8.82. The first-order chi connectivity index (χ1) is 13.3. The van der Waals surface area contributed by atoms with E-state index >= 15 is 0 Å². The van der Waals surface area contributed by atoms with Gasteiger partial charge in [0.25, 0.3) is 0 Å². The second kappa shape index (κ2) is 7.87. The van der Waals surface area contributed by atoms with Crippen molar-refractivity contribution in [3.05, 3.63) is 81.6 Å². The molecule has 0 fully saturated rings. The molecule has 6 heteroatoms. The molecule has 0 spiro atoms. The number of nitriles is 1. The van der Waals surface area contributed by atoms with Gasteiger partial charge in [0.2, 0.25) is 5.95 Å². The zero-order valence-corrected chi connectivity index (χ0v) is 16.8. The number of nitrogen functional groups attached to an aromatic ring is 1. The second-order valence-electron chi connectivity index (χ2n) is 7.09. The molecule has 0 aliphatic carbocycles. The molecule has 2 N–H and O–H groups in total. The highest BCUT2D eigenvalue weighted by Gasteiger charge is 2.25. The molecule has 1 aromatic heterocycles. The van der Waals surface area contributed by atoms with Crippen molar-refractivity contribution in [1.82, 2.24) is 9.97 Å². The maximum atomic E-state index is 9.37. The van der Waals surface area contributed by atoms with Gasteiger partial charge in [-0.25, -0.2) is 9.97 Å². The zero-order chi connectivity index (χ0) is 20.3. The average molecular weight is 393 g/mol. The van der Waals surface area contributed by atoms with Crippen LogP contribution in [0.1, 0.15) is 41.8 Å². The third-order valence-corrected chi connectivity index (χ3v) is 5.27. The molecule has 28 heavy (non-hydrogen) atoms. The summed E-state index contributed by atoms with van der Waals surface area (Å²) in [5.74, 6) is 0.961. The molecule has 142 valence electrons. The van der Waals surface area contributed by atoms with Crippen molar-refractivity contribution in [3.63, 3.8) is 0 Å². The zero-order valence-electron chi connectivity index (χ0n) is 16.0. The summed E-state index contributed by atoms with van der Waals surface area (Å²) in [7, 11) is 0. The Morgan fingerprint density at radius 1 is 1.14 bits per heavy atom. The Kier molecular flexibility index (Phi) is 5.53. The normalized spacial score (nSPS) is 11.1. The molecule has 0 atom stereocenters. The molecule has 0 aliphatic heterocycles. The maximum absolute atomic E-state index is 9.37. The fraction of sp³-hybridized carbons (Fsp3) is 0.227. The molecular formula is C22H21ClN4O. The van der Waals surface area contributed by atoms with Crippen LogP contribution in [0.25, 0.3) is 0 Å². The quantitative estimate of drug-likeness (QED) is 0.674. The van der Waals surface area contributed by atoms with Gasteiger partial charge in [-0.1, -0.05) is 37.6 Å². The summed E-state index contributed by atoms with van der Waals surface area (Å²) in [5.41, 5.74) is 9.47. The lowest BCUT2D eigenvalue weighted by molar-refractivity contribution is 0.301. The van der Waals surface area contributed by atoms with E-state index < -0.39 is 0 Å². The topological polar surface area (TPSA) is 84.8 Å². The number of hydrogen-bond donors (Lipinski definition) is 1. The minimum atomic E-state index is -0.317. The maximum Gasteiger partial charge on any atom is 0.220 e. The predicted octanol–water partition coefficient (Wildman–Crippen LogP) is 4.80. The highest BCUT2D eigenvalue weighted by molar-refractivity contribution is 6.31. The summed E-state index contributed by atoms with van der Waals surface area (Å²) < 4.78 is 5.78. The van der Waals surface area contributed by atoms with E-state index in [1.54, 1.807) is 12.3 Å². The smallest absolute Gasteiger partial charge is 0.220 e. The van der Waals surface area contributed by atoms with Gasteiger partial charge in [0.05, 0.1) is 17.3 Å². The second-order valence-corrected chi connectivity index (χ2v) is 7.49. The fourth-order valence-electron chi connectivity index (χ4n) is 2.94. The van der Waals surface area contributed by atoms with Gasteiger partial charge in [0, 0.05) is 16.6 Å². The number of nitrogens with two attached hydrogens (primary N) is 1. The molecule has 0 saturated carbocycles. The first kappa shape index (κ1) is 19.7. The van der Waals surface area contributed by atoms with Crippen LogP contribution < -0.4 is 10.5 Å². The monoisotopic (exact) mass is 392 g/mol. The summed E-state index contributed by atoms with van der Waals surface area (Å²) in [6, 6.07) is 15.7. The number of anilines is 1. The van der Waals surface area contributed by atoms with E-state index in [2.05, 4.69) is 29.9 Å². The molecule has 0 unspecified atom stereocenters. The number of ether oxygens (including phenoxy) is 1. The third-order valence-electron chi connectivity index (χ3n) is 4.88. The molecule has 0 bridgehead atoms. The molecule has 0 saturated heterocycles. The Balaban J connectivity index is 1.80. The molecule has 0 aliphatic rings. The summed E-state index contributed by atoms with van der Waals surface area (Å²) in [4.78, 5) is 7.99. The van der Waals surface area contributed by atoms with E-state index in [0.717, 1.165) is 28.1 Å². The lowest BCUT2D eigenvalue weighted by Gasteiger charge is -2.27. The van der Waals surface area contributed by atoms with Crippen LogP contribution in [0, 0.1) is 18.3 Å². The van der Waals surface area contributed by atoms with E-state index in [9.17, 15) is 5.26 Å². The third kappa shape index (κ3) is 4.08. The van der Waals surface area contributed by atoms with E-state index in [1.165, 1.54) is 0 Å². The van der Waals surface area contributed by atoms with E-state index in [1.807, 2.05) is 43.3 Å². The van der Waals surface area contributed by atoms with Crippen LogP contribution in [0.3, 0.4) is 0 Å². The van der Waals surface area contributed by atoms with Crippen molar-refractivity contribution in [2.75, 3.05) is 5.73 Å². The van der Waals surface area contributed by atoms with Gasteiger partial charge in [0.15, 0.2) is 0 Å². The molecular weight excluding hydrogens is 372 g/mol. The highest BCUT2D eigenvalue weighted by atomic mass is 35.5. The van der Waals surface area contributed by atoms with Gasteiger partial charge in [-0.05, 0) is 53.9 Å². The summed E-state index contributed by atoms with van der Waals surface area (Å²) in [6.45, 7) is 6.38. The average Bonchev–Trinajstić information content (AvgIpc) is 2.68. The molecule has 0 amide bonds. The summed E-state index contributed by atoms with van der Waals surface area (Å²) >= 11 is 6.34. The molecule has 5 nitrogen and oxygen atoms in total. The molecule has 2 aromatic carbocycles. The van der Waals surface area contributed by atoms with Crippen LogP contribution in [0.15, 0.2) is 48.7 Å². The predicted molar refractivity (Wildman–Crippen MR) is 110 cm³/mol. The number of benzene rings is 2. The van der Waals surface area contributed by atoms with Crippen LogP contribution in [0.2, 0.25) is 5.02 Å². The fourth-order valence-corrected chi connectivity index (χ4v) is 3.16. The lowest BCUT2D eigenvalue weighted by Crippen LogP contribution is -2.19. The summed E-state index contributed by atoms with van der Waals surface area (Å²) in [5, 5.41) is 9.97. The first-order valence-corrected chi connectivity index (χ1v) is 9.20. The van der Waals surface area contributed by atoms with Gasteiger partial charge in [-0.2, -0.15) is 5.26 Å². The van der Waals surface area contributed by atoms with Crippen molar-refractivity contribution in [2.24, 2.45) is 0 Å².